The molecule has 92 valence electrons. The summed E-state index contributed by atoms with van der Waals surface area (Å²) in [6.07, 6.45) is 0.558. The molecule has 0 bridgehead atoms. The highest BCUT2D eigenvalue weighted by Gasteiger charge is 2.30. The van der Waals surface area contributed by atoms with Gasteiger partial charge in [0.15, 0.2) is 6.10 Å². The van der Waals surface area contributed by atoms with Gasteiger partial charge in [-0.2, -0.15) is 0 Å². The quantitative estimate of drug-likeness (QED) is 0.868. The van der Waals surface area contributed by atoms with Crippen LogP contribution in [0.25, 0.3) is 0 Å². The Labute approximate surface area is 104 Å². The fraction of sp³-hybridized carbons (Fsp3) is 0.417. The Morgan fingerprint density at radius 2 is 2.18 bits per heavy atom. The Kier molecular flexibility index (Phi) is 3.26. The van der Waals surface area contributed by atoms with Crippen molar-refractivity contribution in [1.29, 1.82) is 0 Å². The SMILES string of the molecule is COc1cc(C(O)C(=O)O)cc(Cl)c1C1CC1. The lowest BCUT2D eigenvalue weighted by molar-refractivity contribution is -0.146. The van der Waals surface area contributed by atoms with Crippen molar-refractivity contribution in [3.63, 3.8) is 0 Å². The third kappa shape index (κ3) is 2.37. The van der Waals surface area contributed by atoms with Gasteiger partial charge in [-0.1, -0.05) is 11.6 Å². The summed E-state index contributed by atoms with van der Waals surface area (Å²) < 4.78 is 5.21. The fourth-order valence-electron chi connectivity index (χ4n) is 1.85. The summed E-state index contributed by atoms with van der Waals surface area (Å²) in [5.41, 5.74) is 1.15. The standard InChI is InChI=1S/C12H13ClO4/c1-17-9-5-7(11(14)12(15)16)4-8(13)10(9)6-2-3-6/h4-6,11,14H,2-3H2,1H3,(H,15,16). The van der Waals surface area contributed by atoms with Crippen molar-refractivity contribution in [2.75, 3.05) is 7.11 Å². The number of aliphatic carboxylic acids is 1. The number of methoxy groups -OCH3 is 1. The highest BCUT2D eigenvalue weighted by molar-refractivity contribution is 6.31. The molecule has 17 heavy (non-hydrogen) atoms. The minimum atomic E-state index is -1.57. The predicted octanol–water partition coefficient (Wildman–Crippen LogP) is 2.34. The molecule has 1 atom stereocenters. The molecule has 0 spiro atoms. The van der Waals surface area contributed by atoms with Gasteiger partial charge in [0.2, 0.25) is 0 Å². The molecule has 5 heteroatoms. The van der Waals surface area contributed by atoms with E-state index < -0.39 is 12.1 Å². The second-order valence-electron chi connectivity index (χ2n) is 4.13. The van der Waals surface area contributed by atoms with Crippen LogP contribution in [0.15, 0.2) is 12.1 Å². The van der Waals surface area contributed by atoms with Crippen LogP contribution in [0.5, 0.6) is 5.75 Å². The van der Waals surface area contributed by atoms with Crippen molar-refractivity contribution in [2.45, 2.75) is 24.9 Å². The minimum absolute atomic E-state index is 0.240. The molecular weight excluding hydrogens is 244 g/mol. The number of hydrogen-bond donors (Lipinski definition) is 2. The van der Waals surface area contributed by atoms with Crippen LogP contribution in [0.2, 0.25) is 5.02 Å². The summed E-state index contributed by atoms with van der Waals surface area (Å²) in [4.78, 5) is 10.7. The smallest absolute Gasteiger partial charge is 0.337 e. The highest BCUT2D eigenvalue weighted by Crippen LogP contribution is 2.48. The number of aliphatic hydroxyl groups is 1. The third-order valence-corrected chi connectivity index (χ3v) is 3.18. The van der Waals surface area contributed by atoms with Gasteiger partial charge in [0.05, 0.1) is 7.11 Å². The van der Waals surface area contributed by atoms with E-state index in [4.69, 9.17) is 21.4 Å². The molecule has 1 aromatic rings. The van der Waals surface area contributed by atoms with Crippen molar-refractivity contribution >= 4 is 17.6 Å². The van der Waals surface area contributed by atoms with E-state index in [0.29, 0.717) is 16.7 Å². The average molecular weight is 257 g/mol. The maximum Gasteiger partial charge on any atom is 0.337 e. The van der Waals surface area contributed by atoms with Crippen molar-refractivity contribution in [1.82, 2.24) is 0 Å². The Bertz CT molecular complexity index is 454. The molecule has 1 fully saturated rings. The van der Waals surface area contributed by atoms with Crippen molar-refractivity contribution < 1.29 is 19.7 Å². The van der Waals surface area contributed by atoms with E-state index in [2.05, 4.69) is 0 Å². The number of benzene rings is 1. The Hall–Kier alpha value is -1.26. The van der Waals surface area contributed by atoms with Crippen molar-refractivity contribution in [3.8, 4) is 5.75 Å². The summed E-state index contributed by atoms with van der Waals surface area (Å²) in [5.74, 6) is -0.355. The zero-order chi connectivity index (χ0) is 12.6. The summed E-state index contributed by atoms with van der Waals surface area (Å²) in [6.45, 7) is 0. The van der Waals surface area contributed by atoms with Crippen LogP contribution in [0.4, 0.5) is 0 Å². The second kappa shape index (κ2) is 4.55. The number of halogens is 1. The van der Waals surface area contributed by atoms with E-state index >= 15 is 0 Å². The van der Waals surface area contributed by atoms with Crippen molar-refractivity contribution in [2.24, 2.45) is 0 Å². The number of aliphatic hydroxyl groups excluding tert-OH is 1. The first kappa shape index (κ1) is 12.2. The number of carboxylic acid groups (broad SMARTS) is 1. The molecule has 2 rings (SSSR count). The molecule has 1 unspecified atom stereocenters. The van der Waals surface area contributed by atoms with Gasteiger partial charge in [0.1, 0.15) is 5.75 Å². The molecule has 1 aromatic carbocycles. The summed E-state index contributed by atoms with van der Waals surface area (Å²) in [5, 5.41) is 18.7. The lowest BCUT2D eigenvalue weighted by Crippen LogP contribution is -2.11. The lowest BCUT2D eigenvalue weighted by atomic mass is 10.0. The van der Waals surface area contributed by atoms with Crippen molar-refractivity contribution in [3.05, 3.63) is 28.3 Å². The maximum atomic E-state index is 10.7. The largest absolute Gasteiger partial charge is 0.496 e. The Morgan fingerprint density at radius 1 is 1.53 bits per heavy atom. The summed E-state index contributed by atoms with van der Waals surface area (Å²) in [6, 6.07) is 3.04. The van der Waals surface area contributed by atoms with Crippen LogP contribution in [-0.4, -0.2) is 23.3 Å². The number of hydrogen-bond acceptors (Lipinski definition) is 3. The summed E-state index contributed by atoms with van der Waals surface area (Å²) >= 11 is 6.11. The number of rotatable bonds is 4. The molecule has 1 aliphatic rings. The van der Waals surface area contributed by atoms with E-state index in [1.807, 2.05) is 0 Å². The molecular formula is C12H13ClO4. The molecule has 1 aliphatic carbocycles. The van der Waals surface area contributed by atoms with Gasteiger partial charge < -0.3 is 14.9 Å². The predicted molar refractivity (Wildman–Crippen MR) is 62.6 cm³/mol. The molecule has 0 heterocycles. The Morgan fingerprint density at radius 3 is 2.65 bits per heavy atom. The molecule has 1 saturated carbocycles. The van der Waals surface area contributed by atoms with E-state index in [1.165, 1.54) is 13.2 Å². The van der Waals surface area contributed by atoms with E-state index in [0.717, 1.165) is 18.4 Å². The van der Waals surface area contributed by atoms with E-state index in [9.17, 15) is 9.90 Å². The van der Waals surface area contributed by atoms with Gasteiger partial charge in [-0.25, -0.2) is 4.79 Å². The first-order chi connectivity index (χ1) is 8.04. The molecule has 0 amide bonds. The molecule has 4 nitrogen and oxygen atoms in total. The second-order valence-corrected chi connectivity index (χ2v) is 4.54. The van der Waals surface area contributed by atoms with Crippen LogP contribution in [0.3, 0.4) is 0 Å². The number of carbonyl (C=O) groups is 1. The molecule has 0 aliphatic heterocycles. The average Bonchev–Trinajstić information content (AvgIpc) is 3.10. The van der Waals surface area contributed by atoms with Crippen LogP contribution in [0, 0.1) is 0 Å². The first-order valence-corrected chi connectivity index (χ1v) is 5.70. The summed E-state index contributed by atoms with van der Waals surface area (Å²) in [7, 11) is 1.51. The lowest BCUT2D eigenvalue weighted by Gasteiger charge is -2.14. The zero-order valence-electron chi connectivity index (χ0n) is 9.31. The normalized spacial score (nSPS) is 16.6. The van der Waals surface area contributed by atoms with Gasteiger partial charge >= 0.3 is 5.97 Å². The van der Waals surface area contributed by atoms with Gasteiger partial charge in [-0.3, -0.25) is 0 Å². The third-order valence-electron chi connectivity index (χ3n) is 2.87. The van der Waals surface area contributed by atoms with E-state index in [-0.39, 0.29) is 5.56 Å². The fourth-order valence-corrected chi connectivity index (χ4v) is 2.22. The maximum absolute atomic E-state index is 10.7. The molecule has 2 N–H and O–H groups in total. The molecule has 0 aromatic heterocycles. The van der Waals surface area contributed by atoms with Crippen LogP contribution in [-0.2, 0) is 4.79 Å². The minimum Gasteiger partial charge on any atom is -0.496 e. The zero-order valence-corrected chi connectivity index (χ0v) is 10.1. The topological polar surface area (TPSA) is 66.8 Å². The molecule has 0 radical (unpaired) electrons. The van der Waals surface area contributed by atoms with Crippen LogP contribution < -0.4 is 4.74 Å². The monoisotopic (exact) mass is 256 g/mol. The van der Waals surface area contributed by atoms with Crippen LogP contribution in [0.1, 0.15) is 36.0 Å². The van der Waals surface area contributed by atoms with Gasteiger partial charge in [0.25, 0.3) is 0 Å². The highest BCUT2D eigenvalue weighted by atomic mass is 35.5. The van der Waals surface area contributed by atoms with Crippen LogP contribution >= 0.6 is 11.6 Å². The van der Waals surface area contributed by atoms with E-state index in [1.54, 1.807) is 6.07 Å². The number of carboxylic acids is 1. The number of ether oxygens (including phenoxy) is 1. The van der Waals surface area contributed by atoms with Gasteiger partial charge in [-0.15, -0.1) is 0 Å². The first-order valence-electron chi connectivity index (χ1n) is 5.32. The van der Waals surface area contributed by atoms with Gasteiger partial charge in [0, 0.05) is 10.6 Å². The van der Waals surface area contributed by atoms with Gasteiger partial charge in [-0.05, 0) is 36.5 Å². The Balaban J connectivity index is 2.44. The molecule has 0 saturated heterocycles.